The van der Waals surface area contributed by atoms with Gasteiger partial charge in [0.25, 0.3) is 11.5 Å². The second-order valence-electron chi connectivity index (χ2n) is 16.2. The van der Waals surface area contributed by atoms with Crippen molar-refractivity contribution < 1.29 is 82.5 Å². The maximum atomic E-state index is 13.5. The summed E-state index contributed by atoms with van der Waals surface area (Å²) in [7, 11) is 0. The van der Waals surface area contributed by atoms with Crippen LogP contribution >= 0.6 is 0 Å². The minimum atomic E-state index is -1.23. The summed E-state index contributed by atoms with van der Waals surface area (Å²) in [6.07, 6.45) is 1.49. The molecule has 1 aromatic heterocycles. The van der Waals surface area contributed by atoms with Crippen molar-refractivity contribution in [2.24, 2.45) is 0 Å². The molecule has 26 nitrogen and oxygen atoms in total. The summed E-state index contributed by atoms with van der Waals surface area (Å²) in [6, 6.07) is 2.44. The number of aromatic nitrogens is 1. The normalized spacial score (nSPS) is 15.0. The van der Waals surface area contributed by atoms with Gasteiger partial charge in [-0.25, -0.2) is 0 Å². The molecular weight excluding hydrogens is 941 g/mol. The molecule has 1 saturated heterocycles. The van der Waals surface area contributed by atoms with Crippen LogP contribution < -0.4 is 16.2 Å². The number of carbonyl (C=O) groups excluding carboxylic acids is 4. The molecule has 71 heavy (non-hydrogen) atoms. The second kappa shape index (κ2) is 38.5. The van der Waals surface area contributed by atoms with E-state index in [1.807, 2.05) is 6.92 Å². The van der Waals surface area contributed by atoms with Crippen LogP contribution in [0.25, 0.3) is 0 Å². The number of carboxylic acids is 3. The lowest BCUT2D eigenvalue weighted by Gasteiger charge is -2.35. The summed E-state index contributed by atoms with van der Waals surface area (Å²) in [5, 5.41) is 45.1. The maximum absolute atomic E-state index is 13.5. The Kier molecular flexibility index (Phi) is 33.6. The minimum Gasteiger partial charge on any atom is -0.480 e. The minimum absolute atomic E-state index is 0.00878. The second-order valence-corrected chi connectivity index (χ2v) is 16.2. The van der Waals surface area contributed by atoms with Crippen molar-refractivity contribution in [3.05, 3.63) is 34.2 Å². The van der Waals surface area contributed by atoms with E-state index in [4.69, 9.17) is 28.4 Å². The van der Waals surface area contributed by atoms with Gasteiger partial charge in [0.2, 0.25) is 11.8 Å². The van der Waals surface area contributed by atoms with Crippen molar-refractivity contribution in [2.45, 2.75) is 38.6 Å². The van der Waals surface area contributed by atoms with E-state index in [-0.39, 0.29) is 160 Å². The Morgan fingerprint density at radius 1 is 0.634 bits per heavy atom. The van der Waals surface area contributed by atoms with Gasteiger partial charge in [0, 0.05) is 104 Å². The Morgan fingerprint density at radius 3 is 1.68 bits per heavy atom. The summed E-state index contributed by atoms with van der Waals surface area (Å²) in [6.45, 7) is 7.23. The number of aliphatic carboxylic acids is 3. The number of nitrogens with one attached hydrogen (secondary N) is 2. The van der Waals surface area contributed by atoms with Crippen molar-refractivity contribution >= 4 is 41.9 Å². The molecule has 1 aromatic rings. The molecule has 0 bridgehead atoms. The van der Waals surface area contributed by atoms with Crippen LogP contribution in [0.15, 0.2) is 23.0 Å². The van der Waals surface area contributed by atoms with E-state index in [1.54, 1.807) is 19.6 Å². The first-order chi connectivity index (χ1) is 34.2. The summed E-state index contributed by atoms with van der Waals surface area (Å²) in [5.74, 6) is -4.83. The zero-order valence-corrected chi connectivity index (χ0v) is 41.0. The van der Waals surface area contributed by atoms with E-state index in [2.05, 4.69) is 10.6 Å². The lowest BCUT2D eigenvalue weighted by Crippen LogP contribution is -2.51. The lowest BCUT2D eigenvalue weighted by atomic mass is 10.1. The highest BCUT2D eigenvalue weighted by Gasteiger charge is 2.29. The van der Waals surface area contributed by atoms with Gasteiger partial charge in [0.05, 0.1) is 92.3 Å². The molecule has 0 radical (unpaired) electrons. The smallest absolute Gasteiger partial charge is 0.320 e. The number of ether oxygens (including phenoxy) is 6. The van der Waals surface area contributed by atoms with Crippen LogP contribution in [0.4, 0.5) is 0 Å². The number of amides is 3. The summed E-state index contributed by atoms with van der Waals surface area (Å²) >= 11 is 0. The van der Waals surface area contributed by atoms with Gasteiger partial charge in [-0.1, -0.05) is 13.0 Å². The third kappa shape index (κ3) is 29.1. The first-order valence-electron chi connectivity index (χ1n) is 24.0. The van der Waals surface area contributed by atoms with Gasteiger partial charge < -0.3 is 69.3 Å². The van der Waals surface area contributed by atoms with Gasteiger partial charge in [-0.2, -0.15) is 0 Å². The van der Waals surface area contributed by atoms with Crippen LogP contribution in [0.5, 0.6) is 0 Å². The molecule has 404 valence electrons. The highest BCUT2D eigenvalue weighted by Crippen LogP contribution is 2.11. The topological polar surface area (TPSA) is 318 Å². The molecule has 1 fully saturated rings. The highest BCUT2D eigenvalue weighted by atomic mass is 16.5. The molecule has 3 amide bonds. The predicted octanol–water partition coefficient (Wildman–Crippen LogP) is -2.52. The van der Waals surface area contributed by atoms with Gasteiger partial charge in [0.1, 0.15) is 18.0 Å². The van der Waals surface area contributed by atoms with Crippen LogP contribution in [0.3, 0.4) is 0 Å². The summed E-state index contributed by atoms with van der Waals surface area (Å²) < 4.78 is 33.0. The number of pyridine rings is 1. The largest absolute Gasteiger partial charge is 0.480 e. The quantitative estimate of drug-likeness (QED) is 0.0226. The van der Waals surface area contributed by atoms with Crippen molar-refractivity contribution in [2.75, 3.05) is 177 Å². The van der Waals surface area contributed by atoms with Gasteiger partial charge >= 0.3 is 17.9 Å². The molecule has 1 aliphatic rings. The van der Waals surface area contributed by atoms with E-state index in [1.165, 1.54) is 17.0 Å². The molecule has 0 spiro atoms. The average Bonchev–Trinajstić information content (AvgIpc) is 3.32. The Hall–Kier alpha value is -5.16. The number of rotatable bonds is 38. The molecule has 0 aliphatic carbocycles. The van der Waals surface area contributed by atoms with Crippen molar-refractivity contribution in [3.8, 4) is 0 Å². The number of hydrogen-bond acceptors (Lipinski definition) is 19. The average molecular weight is 1020 g/mol. The molecular formula is C45H76N8O18. The number of nitrogens with zero attached hydrogens (tertiary/aromatic N) is 6. The molecule has 1 aliphatic heterocycles. The van der Waals surface area contributed by atoms with Crippen molar-refractivity contribution in [1.82, 2.24) is 39.9 Å². The standard InChI is InChI=1S/C45H76N8O18/c1-2-23-66-27-31-70-32-28-67-24-8-40(56)47-10-25-68-29-33-71-34-30-69-26-21-52(44(62)37-4-3-5-41(57)53(37)65)11-9-46-39(55)7-6-38(45(63)64)51-18-16-49(35-42(58)59)14-12-48(20-22-54)13-15-50(17-19-51)36-43(60)61/h3-5,22,38,65H,2,6-21,23-36H2,1H3,(H,46,55)(H,47,56)(H,58,59)(H,60,61)(H,63,64). The fourth-order valence-corrected chi connectivity index (χ4v) is 7.04. The third-order valence-electron chi connectivity index (χ3n) is 10.8. The van der Waals surface area contributed by atoms with Gasteiger partial charge in [-0.05, 0) is 18.9 Å². The Labute approximate surface area is 413 Å². The van der Waals surface area contributed by atoms with Crippen molar-refractivity contribution in [1.29, 1.82) is 0 Å². The molecule has 2 rings (SSSR count). The fourth-order valence-electron chi connectivity index (χ4n) is 7.04. The Balaban J connectivity index is 1.83. The molecule has 6 N–H and O–H groups in total. The number of carbonyl (C=O) groups is 7. The molecule has 0 saturated carbocycles. The molecule has 1 unspecified atom stereocenters. The van der Waals surface area contributed by atoms with Crippen LogP contribution in [0.1, 0.15) is 43.1 Å². The van der Waals surface area contributed by atoms with Gasteiger partial charge in [0.15, 0.2) is 0 Å². The Morgan fingerprint density at radius 2 is 1.13 bits per heavy atom. The molecule has 1 atom stereocenters. The lowest BCUT2D eigenvalue weighted by molar-refractivity contribution is -0.145. The zero-order valence-electron chi connectivity index (χ0n) is 41.0. The molecule has 0 aromatic carbocycles. The zero-order chi connectivity index (χ0) is 52.1. The first-order valence-corrected chi connectivity index (χ1v) is 24.0. The summed E-state index contributed by atoms with van der Waals surface area (Å²) in [4.78, 5) is 106. The monoisotopic (exact) mass is 1020 g/mol. The maximum Gasteiger partial charge on any atom is 0.320 e. The number of carboxylic acid groups (broad SMARTS) is 3. The highest BCUT2D eigenvalue weighted by molar-refractivity contribution is 5.92. The van der Waals surface area contributed by atoms with E-state index >= 15 is 0 Å². The van der Waals surface area contributed by atoms with Crippen LogP contribution in [-0.2, 0) is 57.2 Å². The van der Waals surface area contributed by atoms with Crippen molar-refractivity contribution in [3.63, 3.8) is 0 Å². The first kappa shape index (κ1) is 62.0. The SMILES string of the molecule is CCCOCCOCCOCCC(=O)NCCOCCOCCOCCN(CCNC(=O)CCC(C(=O)O)N1CCN(CC(=O)O)CCN(CC=O)CCN(CC(=O)O)CC1)C(=O)c1cccc(=O)n1O. The van der Waals surface area contributed by atoms with E-state index in [9.17, 15) is 58.9 Å². The third-order valence-corrected chi connectivity index (χ3v) is 10.8. The Bertz CT molecular complexity index is 1740. The van der Waals surface area contributed by atoms with Gasteiger partial charge in [-0.3, -0.25) is 53.2 Å². The number of aldehydes is 1. The van der Waals surface area contributed by atoms with Gasteiger partial charge in [-0.15, -0.1) is 4.73 Å². The summed E-state index contributed by atoms with van der Waals surface area (Å²) in [5.41, 5.74) is -1.15. The number of hydrogen-bond donors (Lipinski definition) is 6. The van der Waals surface area contributed by atoms with E-state index < -0.39 is 41.3 Å². The molecule has 2 heterocycles. The fraction of sp³-hybridized carbons (Fsp3) is 0.733. The van der Waals surface area contributed by atoms with E-state index in [0.29, 0.717) is 52.7 Å². The molecule has 26 heteroatoms. The van der Waals surface area contributed by atoms with Crippen LogP contribution in [-0.4, -0.2) is 275 Å². The van der Waals surface area contributed by atoms with E-state index in [0.717, 1.165) is 18.8 Å². The van der Waals surface area contributed by atoms with Crippen LogP contribution in [0.2, 0.25) is 0 Å². The predicted molar refractivity (Wildman–Crippen MR) is 253 cm³/mol. The van der Waals surface area contributed by atoms with Crippen LogP contribution in [0, 0.1) is 0 Å².